The molecule has 0 radical (unpaired) electrons. The largest absolute Gasteiger partial charge is 0.315 e. The highest BCUT2D eigenvalue weighted by molar-refractivity contribution is 8.18. The van der Waals surface area contributed by atoms with Crippen LogP contribution in [-0.4, -0.2) is 15.8 Å². The Morgan fingerprint density at radius 3 is 2.73 bits per heavy atom. The van der Waals surface area contributed by atoms with Gasteiger partial charge in [0, 0.05) is 21.1 Å². The molecule has 2 aromatic rings. The molecule has 0 amide bonds. The molecule has 108 valence electrons. The Labute approximate surface area is 138 Å². The van der Waals surface area contributed by atoms with E-state index in [0.29, 0.717) is 0 Å². The van der Waals surface area contributed by atoms with Crippen molar-refractivity contribution in [1.29, 1.82) is 0 Å². The lowest BCUT2D eigenvalue weighted by Gasteiger charge is -2.25. The number of hydrogen-bond acceptors (Lipinski definition) is 4. The van der Waals surface area contributed by atoms with E-state index in [2.05, 4.69) is 53.4 Å². The second-order valence-corrected chi connectivity index (χ2v) is 7.69. The minimum absolute atomic E-state index is 0.796. The van der Waals surface area contributed by atoms with Crippen LogP contribution in [0, 0.1) is 0 Å². The van der Waals surface area contributed by atoms with Crippen molar-refractivity contribution in [3.05, 3.63) is 70.1 Å². The van der Waals surface area contributed by atoms with Crippen molar-refractivity contribution in [3.63, 3.8) is 0 Å². The van der Waals surface area contributed by atoms with Gasteiger partial charge in [0.25, 0.3) is 0 Å². The average Bonchev–Trinajstić information content (AvgIpc) is 2.82. The second-order valence-electron chi connectivity index (χ2n) is 5.61. The van der Waals surface area contributed by atoms with Gasteiger partial charge in [0.05, 0.1) is 18.8 Å². The third-order valence-electron chi connectivity index (χ3n) is 4.31. The van der Waals surface area contributed by atoms with E-state index in [-0.39, 0.29) is 0 Å². The molecule has 2 nitrogen and oxygen atoms in total. The van der Waals surface area contributed by atoms with Crippen LogP contribution >= 0.6 is 23.5 Å². The maximum atomic E-state index is 4.88. The van der Waals surface area contributed by atoms with E-state index in [9.17, 15) is 0 Å². The highest BCUT2D eigenvalue weighted by Gasteiger charge is 2.35. The van der Waals surface area contributed by atoms with E-state index in [4.69, 9.17) is 4.99 Å². The summed E-state index contributed by atoms with van der Waals surface area (Å²) in [6, 6.07) is 17.4. The predicted octanol–water partition coefficient (Wildman–Crippen LogP) is 4.58. The molecule has 3 aliphatic rings. The molecule has 0 saturated carbocycles. The fourth-order valence-corrected chi connectivity index (χ4v) is 5.50. The van der Waals surface area contributed by atoms with Crippen LogP contribution < -0.4 is 0 Å². The van der Waals surface area contributed by atoms with Gasteiger partial charge in [0.1, 0.15) is 0 Å². The van der Waals surface area contributed by atoms with Crippen LogP contribution in [0.2, 0.25) is 0 Å². The molecule has 3 aliphatic heterocycles. The first-order valence-electron chi connectivity index (χ1n) is 7.42. The number of thioether (sulfide) groups is 2. The third kappa shape index (κ3) is 1.87. The van der Waals surface area contributed by atoms with Gasteiger partial charge in [-0.3, -0.25) is 4.99 Å². The molecule has 22 heavy (non-hydrogen) atoms. The van der Waals surface area contributed by atoms with Crippen LogP contribution in [0.15, 0.2) is 63.3 Å². The summed E-state index contributed by atoms with van der Waals surface area (Å²) in [5, 5.41) is 1.17. The lowest BCUT2D eigenvalue weighted by Crippen LogP contribution is -2.23. The van der Waals surface area contributed by atoms with Crippen molar-refractivity contribution >= 4 is 34.4 Å². The standard InChI is InChI=1S/C18H14N2S2/c1-2-6-13-10-20-17-14-7-3-4-8-15(14)21-11-16(17)22-18(20)19-9-12(13)5-1/h1-8H,9-11H2. The number of hydrogen-bond donors (Lipinski definition) is 0. The van der Waals surface area contributed by atoms with Gasteiger partial charge >= 0.3 is 0 Å². The molecule has 4 heteroatoms. The molecule has 0 fully saturated rings. The molecular formula is C18H14N2S2. The molecule has 0 spiro atoms. The molecule has 0 N–H and O–H groups in total. The van der Waals surface area contributed by atoms with E-state index in [1.54, 1.807) is 0 Å². The van der Waals surface area contributed by atoms with E-state index >= 15 is 0 Å². The fraction of sp³-hybridized carbons (Fsp3) is 0.167. The summed E-state index contributed by atoms with van der Waals surface area (Å²) in [6.45, 7) is 1.73. The summed E-state index contributed by atoms with van der Waals surface area (Å²) < 4.78 is 0. The molecule has 5 rings (SSSR count). The van der Waals surface area contributed by atoms with E-state index in [0.717, 1.165) is 18.8 Å². The van der Waals surface area contributed by atoms with Gasteiger partial charge in [-0.25, -0.2) is 0 Å². The number of rotatable bonds is 0. The molecular weight excluding hydrogens is 308 g/mol. The maximum Gasteiger partial charge on any atom is 0.169 e. The molecule has 0 bridgehead atoms. The molecule has 0 aliphatic carbocycles. The quantitative estimate of drug-likeness (QED) is 0.706. The van der Waals surface area contributed by atoms with Crippen LogP contribution in [-0.2, 0) is 13.1 Å². The Balaban J connectivity index is 1.64. The zero-order valence-corrected chi connectivity index (χ0v) is 13.6. The van der Waals surface area contributed by atoms with Gasteiger partial charge in [0.2, 0.25) is 0 Å². The Morgan fingerprint density at radius 2 is 1.77 bits per heavy atom. The molecule has 0 aromatic heterocycles. The molecule has 0 atom stereocenters. The van der Waals surface area contributed by atoms with Crippen molar-refractivity contribution < 1.29 is 0 Å². The lowest BCUT2D eigenvalue weighted by molar-refractivity contribution is 0.592. The maximum absolute atomic E-state index is 4.88. The lowest BCUT2D eigenvalue weighted by atomic mass is 10.1. The van der Waals surface area contributed by atoms with E-state index < -0.39 is 0 Å². The van der Waals surface area contributed by atoms with Crippen LogP contribution in [0.3, 0.4) is 0 Å². The average molecular weight is 322 g/mol. The van der Waals surface area contributed by atoms with Crippen molar-refractivity contribution in [2.75, 3.05) is 5.75 Å². The molecule has 3 heterocycles. The number of amidine groups is 1. The highest BCUT2D eigenvalue weighted by Crippen LogP contribution is 2.49. The minimum Gasteiger partial charge on any atom is -0.315 e. The van der Waals surface area contributed by atoms with Crippen molar-refractivity contribution in [2.45, 2.75) is 18.0 Å². The second kappa shape index (κ2) is 4.93. The van der Waals surface area contributed by atoms with Gasteiger partial charge in [-0.2, -0.15) is 0 Å². The van der Waals surface area contributed by atoms with Crippen molar-refractivity contribution in [2.24, 2.45) is 4.99 Å². The van der Waals surface area contributed by atoms with Crippen LogP contribution in [0.5, 0.6) is 0 Å². The monoisotopic (exact) mass is 322 g/mol. The first kappa shape index (κ1) is 12.9. The number of aliphatic imine (C=N–C) groups is 1. The van der Waals surface area contributed by atoms with Crippen molar-refractivity contribution in [1.82, 2.24) is 4.90 Å². The number of nitrogens with zero attached hydrogens (tertiary/aromatic N) is 2. The van der Waals surface area contributed by atoms with E-state index in [1.807, 2.05) is 23.5 Å². The Morgan fingerprint density at radius 1 is 0.955 bits per heavy atom. The summed E-state index contributed by atoms with van der Waals surface area (Å²) in [5.41, 5.74) is 5.50. The van der Waals surface area contributed by atoms with Gasteiger partial charge in [-0.1, -0.05) is 54.2 Å². The van der Waals surface area contributed by atoms with E-state index in [1.165, 1.54) is 37.4 Å². The summed E-state index contributed by atoms with van der Waals surface area (Å²) in [7, 11) is 0. The van der Waals surface area contributed by atoms with Crippen LogP contribution in [0.4, 0.5) is 0 Å². The summed E-state index contributed by atoms with van der Waals surface area (Å²) in [5.74, 6) is 1.06. The number of benzene rings is 2. The highest BCUT2D eigenvalue weighted by atomic mass is 32.2. The van der Waals surface area contributed by atoms with Gasteiger partial charge < -0.3 is 4.90 Å². The summed E-state index contributed by atoms with van der Waals surface area (Å²) in [6.07, 6.45) is 0. The predicted molar refractivity (Wildman–Crippen MR) is 94.8 cm³/mol. The van der Waals surface area contributed by atoms with Gasteiger partial charge in [-0.05, 0) is 17.2 Å². The van der Waals surface area contributed by atoms with Crippen molar-refractivity contribution in [3.8, 4) is 0 Å². The smallest absolute Gasteiger partial charge is 0.169 e. The Bertz CT molecular complexity index is 838. The summed E-state index contributed by atoms with van der Waals surface area (Å²) >= 11 is 3.80. The summed E-state index contributed by atoms with van der Waals surface area (Å²) in [4.78, 5) is 10.1. The van der Waals surface area contributed by atoms with Crippen LogP contribution in [0.25, 0.3) is 5.70 Å². The first-order chi connectivity index (χ1) is 10.9. The fourth-order valence-electron chi connectivity index (χ4n) is 3.24. The minimum atomic E-state index is 0.796. The number of fused-ring (bicyclic) bond motifs is 5. The molecule has 0 unspecified atom stereocenters. The SMILES string of the molecule is c1ccc2c(c1)CN=C1SC3=C(c4ccccc4SC3)N1C2. The zero-order chi connectivity index (χ0) is 14.5. The Kier molecular flexibility index (Phi) is 2.88. The Hall–Kier alpha value is -1.65. The normalized spacial score (nSPS) is 18.9. The van der Waals surface area contributed by atoms with Crippen LogP contribution in [0.1, 0.15) is 16.7 Å². The first-order valence-corrected chi connectivity index (χ1v) is 9.22. The topological polar surface area (TPSA) is 15.6 Å². The zero-order valence-electron chi connectivity index (χ0n) is 12.0. The van der Waals surface area contributed by atoms with Gasteiger partial charge in [-0.15, -0.1) is 11.8 Å². The van der Waals surface area contributed by atoms with Gasteiger partial charge in [0.15, 0.2) is 5.17 Å². The molecule has 0 saturated heterocycles. The third-order valence-corrected chi connectivity index (χ3v) is 6.71. The molecule has 2 aromatic carbocycles.